The van der Waals surface area contributed by atoms with Crippen LogP contribution >= 0.6 is 11.3 Å². The fourth-order valence-electron chi connectivity index (χ4n) is 7.33. The molecule has 0 spiro atoms. The Morgan fingerprint density at radius 2 is 1.10 bits per heavy atom. The number of thiophene rings is 1. The summed E-state index contributed by atoms with van der Waals surface area (Å²) in [4.78, 5) is 2.40. The summed E-state index contributed by atoms with van der Waals surface area (Å²) in [6.45, 7) is 0. The van der Waals surface area contributed by atoms with E-state index in [1.54, 1.807) is 0 Å². The summed E-state index contributed by atoms with van der Waals surface area (Å²) < 4.78 is 8.79. The van der Waals surface area contributed by atoms with Crippen LogP contribution in [0.15, 0.2) is 180 Å². The molecule has 0 aliphatic heterocycles. The van der Waals surface area contributed by atoms with Gasteiger partial charge in [0.15, 0.2) is 0 Å². The van der Waals surface area contributed by atoms with Crippen LogP contribution in [0.4, 0.5) is 17.1 Å². The van der Waals surface area contributed by atoms with Gasteiger partial charge in [0.25, 0.3) is 0 Å². The first-order valence-corrected chi connectivity index (χ1v) is 17.4. The summed E-state index contributed by atoms with van der Waals surface area (Å²) >= 11 is 1.85. The first kappa shape index (κ1) is 27.9. The van der Waals surface area contributed by atoms with Crippen molar-refractivity contribution in [1.29, 1.82) is 0 Å². The molecule has 0 aliphatic carbocycles. The van der Waals surface area contributed by atoms with Crippen molar-refractivity contribution in [2.24, 2.45) is 0 Å². The Morgan fingerprint density at radius 1 is 0.408 bits per heavy atom. The Hall–Kier alpha value is -6.16. The lowest BCUT2D eigenvalue weighted by Gasteiger charge is -2.26. The van der Waals surface area contributed by atoms with Crippen molar-refractivity contribution in [2.75, 3.05) is 4.90 Å². The van der Waals surface area contributed by atoms with Crippen molar-refractivity contribution < 1.29 is 4.42 Å². The van der Waals surface area contributed by atoms with Gasteiger partial charge in [0, 0.05) is 37.6 Å². The highest BCUT2D eigenvalue weighted by atomic mass is 32.1. The molecule has 0 atom stereocenters. The van der Waals surface area contributed by atoms with Gasteiger partial charge < -0.3 is 9.32 Å². The minimum atomic E-state index is 0.894. The minimum Gasteiger partial charge on any atom is -0.456 e. The van der Waals surface area contributed by atoms with E-state index in [0.717, 1.165) is 39.0 Å². The van der Waals surface area contributed by atoms with Gasteiger partial charge in [0.1, 0.15) is 11.2 Å². The fraction of sp³-hybridized carbons (Fsp3) is 0. The van der Waals surface area contributed by atoms with E-state index in [9.17, 15) is 0 Å². The number of fused-ring (bicyclic) bond motifs is 7. The van der Waals surface area contributed by atoms with Gasteiger partial charge in [-0.25, -0.2) is 0 Å². The third-order valence-electron chi connectivity index (χ3n) is 9.65. The Balaban J connectivity index is 1.16. The van der Waals surface area contributed by atoms with E-state index >= 15 is 0 Å². The van der Waals surface area contributed by atoms with E-state index in [0.29, 0.717) is 0 Å². The molecule has 0 N–H and O–H groups in total. The van der Waals surface area contributed by atoms with Crippen molar-refractivity contribution in [1.82, 2.24) is 0 Å². The number of rotatable bonds is 5. The molecule has 2 aromatic heterocycles. The maximum atomic E-state index is 6.23. The van der Waals surface area contributed by atoms with Gasteiger partial charge >= 0.3 is 0 Å². The van der Waals surface area contributed by atoms with Crippen LogP contribution in [-0.4, -0.2) is 0 Å². The van der Waals surface area contributed by atoms with Crippen LogP contribution in [0.3, 0.4) is 0 Å². The van der Waals surface area contributed by atoms with Gasteiger partial charge in [-0.1, -0.05) is 115 Å². The van der Waals surface area contributed by atoms with Crippen molar-refractivity contribution in [3.63, 3.8) is 0 Å². The highest BCUT2D eigenvalue weighted by Crippen LogP contribution is 2.46. The molecule has 2 heterocycles. The highest BCUT2D eigenvalue weighted by Gasteiger charge is 2.20. The predicted octanol–water partition coefficient (Wildman–Crippen LogP) is 13.9. The maximum Gasteiger partial charge on any atom is 0.135 e. The van der Waals surface area contributed by atoms with Crippen molar-refractivity contribution >= 4 is 81.3 Å². The van der Waals surface area contributed by atoms with E-state index in [2.05, 4.69) is 169 Å². The lowest BCUT2D eigenvalue weighted by atomic mass is 9.93. The summed E-state index contributed by atoms with van der Waals surface area (Å²) in [6.07, 6.45) is 0. The van der Waals surface area contributed by atoms with Crippen LogP contribution in [-0.2, 0) is 0 Å². The summed E-state index contributed by atoms with van der Waals surface area (Å²) in [7, 11) is 0. The number of hydrogen-bond acceptors (Lipinski definition) is 3. The summed E-state index contributed by atoms with van der Waals surface area (Å²) in [5, 5.41) is 7.31. The Kier molecular flexibility index (Phi) is 6.39. The first-order valence-electron chi connectivity index (χ1n) is 16.6. The molecule has 0 saturated carbocycles. The Labute approximate surface area is 287 Å². The third-order valence-corrected chi connectivity index (χ3v) is 10.9. The molecule has 0 amide bonds. The molecular formula is C46H29NOS. The number of nitrogens with zero attached hydrogens (tertiary/aromatic N) is 1. The molecule has 230 valence electrons. The summed E-state index contributed by atoms with van der Waals surface area (Å²) in [5.74, 6) is 0. The molecule has 10 aromatic rings. The Morgan fingerprint density at radius 3 is 1.98 bits per heavy atom. The minimum absolute atomic E-state index is 0.894. The zero-order chi connectivity index (χ0) is 32.3. The zero-order valence-corrected chi connectivity index (χ0v) is 27.3. The smallest absolute Gasteiger partial charge is 0.135 e. The van der Waals surface area contributed by atoms with Crippen molar-refractivity contribution in [2.45, 2.75) is 0 Å². The predicted molar refractivity (Wildman–Crippen MR) is 210 cm³/mol. The molecule has 0 aliphatic rings. The number of hydrogen-bond donors (Lipinski definition) is 0. The van der Waals surface area contributed by atoms with Gasteiger partial charge in [-0.15, -0.1) is 11.3 Å². The molecule has 8 aromatic carbocycles. The van der Waals surface area contributed by atoms with Crippen LogP contribution in [0.2, 0.25) is 0 Å². The number of anilines is 3. The lowest BCUT2D eigenvalue weighted by molar-refractivity contribution is 0.669. The quantitative estimate of drug-likeness (QED) is 0.186. The molecule has 2 nitrogen and oxygen atoms in total. The summed E-state index contributed by atoms with van der Waals surface area (Å²) in [6, 6.07) is 63.3. The maximum absolute atomic E-state index is 6.23. The lowest BCUT2D eigenvalue weighted by Crippen LogP contribution is -2.10. The van der Waals surface area contributed by atoms with Crippen LogP contribution in [0, 0.1) is 0 Å². The number of benzene rings is 8. The second kappa shape index (κ2) is 11.2. The average Bonchev–Trinajstić information content (AvgIpc) is 3.74. The molecule has 0 saturated heterocycles. The van der Waals surface area contributed by atoms with Crippen LogP contribution in [0.25, 0.3) is 75.1 Å². The van der Waals surface area contributed by atoms with E-state index in [-0.39, 0.29) is 0 Å². The standard InChI is InChI=1S/C46H29NOS/c1-2-11-31(12-3-1)40-28-33(27-32-13-4-5-14-36(32)40)30-21-23-34(24-22-30)47(35-25-26-44-41(29-35)37-15-6-8-19-43(37)48-44)42-18-10-17-39-38-16-7-9-20-45(38)49-46(39)42/h1-29H. The van der Waals surface area contributed by atoms with Gasteiger partial charge in [-0.05, 0) is 93.7 Å². The van der Waals surface area contributed by atoms with Crippen molar-refractivity contribution in [3.8, 4) is 22.3 Å². The van der Waals surface area contributed by atoms with Gasteiger partial charge in [0.05, 0.1) is 10.4 Å². The average molecular weight is 644 g/mol. The van der Waals surface area contributed by atoms with E-state index in [1.165, 1.54) is 53.2 Å². The number of para-hydroxylation sites is 1. The molecule has 0 bridgehead atoms. The fourth-order valence-corrected chi connectivity index (χ4v) is 8.53. The van der Waals surface area contributed by atoms with Gasteiger partial charge in [-0.2, -0.15) is 0 Å². The van der Waals surface area contributed by atoms with Crippen LogP contribution in [0.1, 0.15) is 0 Å². The third kappa shape index (κ3) is 4.62. The molecule has 0 fully saturated rings. The monoisotopic (exact) mass is 643 g/mol. The molecule has 3 heteroatoms. The Bertz CT molecular complexity index is 2830. The van der Waals surface area contributed by atoms with Crippen LogP contribution in [0.5, 0.6) is 0 Å². The van der Waals surface area contributed by atoms with Crippen molar-refractivity contribution in [3.05, 3.63) is 176 Å². The molecule has 49 heavy (non-hydrogen) atoms. The van der Waals surface area contributed by atoms with E-state index in [4.69, 9.17) is 4.42 Å². The topological polar surface area (TPSA) is 16.4 Å². The number of furan rings is 1. The van der Waals surface area contributed by atoms with Gasteiger partial charge in [0.2, 0.25) is 0 Å². The highest BCUT2D eigenvalue weighted by molar-refractivity contribution is 7.26. The van der Waals surface area contributed by atoms with Crippen LogP contribution < -0.4 is 4.90 Å². The molecule has 10 rings (SSSR count). The SMILES string of the molecule is c1ccc(-c2cc(-c3ccc(N(c4ccc5oc6ccccc6c5c4)c4cccc5c4sc4ccccc45)cc3)cc3ccccc23)cc1. The second-order valence-corrected chi connectivity index (χ2v) is 13.6. The first-order chi connectivity index (χ1) is 24.3. The molecule has 0 unspecified atom stereocenters. The molecular weight excluding hydrogens is 615 g/mol. The van der Waals surface area contributed by atoms with Gasteiger partial charge in [-0.3, -0.25) is 0 Å². The van der Waals surface area contributed by atoms with E-state index < -0.39 is 0 Å². The zero-order valence-electron chi connectivity index (χ0n) is 26.5. The van der Waals surface area contributed by atoms with E-state index in [1.807, 2.05) is 23.5 Å². The largest absolute Gasteiger partial charge is 0.456 e. The summed E-state index contributed by atoms with van der Waals surface area (Å²) in [5.41, 5.74) is 10.0. The second-order valence-electron chi connectivity index (χ2n) is 12.5. The molecule has 0 radical (unpaired) electrons. The normalized spacial score (nSPS) is 11.7.